The van der Waals surface area contributed by atoms with E-state index in [1.807, 2.05) is 0 Å². The van der Waals surface area contributed by atoms with Gasteiger partial charge in [-0.05, 0) is 42.5 Å². The van der Waals surface area contributed by atoms with Crippen molar-refractivity contribution < 1.29 is 0 Å². The molecule has 1 N–H and O–H groups in total. The first-order valence-corrected chi connectivity index (χ1v) is 6.71. The summed E-state index contributed by atoms with van der Waals surface area (Å²) in [5, 5.41) is 3.63. The zero-order valence-corrected chi connectivity index (χ0v) is 11.0. The standard InChI is InChI=1S/C17H19N/c1-3-13-7-8-16-15(10-13)11-17(18-16)14-6-4-5-12(2)9-14/h4-10,17-18H,3,11H2,1-2H3. The van der Waals surface area contributed by atoms with E-state index in [2.05, 4.69) is 61.6 Å². The Morgan fingerprint density at radius 2 is 2.06 bits per heavy atom. The van der Waals surface area contributed by atoms with E-state index in [0.29, 0.717) is 6.04 Å². The SMILES string of the molecule is CCc1ccc2c(c1)CC(c1cccc(C)c1)N2. The van der Waals surface area contributed by atoms with E-state index in [0.717, 1.165) is 12.8 Å². The molecule has 18 heavy (non-hydrogen) atoms. The van der Waals surface area contributed by atoms with Crippen molar-refractivity contribution in [2.24, 2.45) is 0 Å². The van der Waals surface area contributed by atoms with Crippen LogP contribution in [0.5, 0.6) is 0 Å². The van der Waals surface area contributed by atoms with Gasteiger partial charge in [-0.15, -0.1) is 0 Å². The van der Waals surface area contributed by atoms with Gasteiger partial charge in [-0.1, -0.05) is 48.9 Å². The van der Waals surface area contributed by atoms with Gasteiger partial charge < -0.3 is 5.32 Å². The summed E-state index contributed by atoms with van der Waals surface area (Å²) in [6, 6.07) is 16.0. The zero-order valence-electron chi connectivity index (χ0n) is 11.0. The molecular formula is C17H19N. The average molecular weight is 237 g/mol. The van der Waals surface area contributed by atoms with Crippen molar-refractivity contribution in [1.29, 1.82) is 0 Å². The first-order valence-electron chi connectivity index (χ1n) is 6.71. The van der Waals surface area contributed by atoms with Crippen LogP contribution in [0.1, 0.15) is 35.2 Å². The quantitative estimate of drug-likeness (QED) is 0.822. The van der Waals surface area contributed by atoms with Crippen molar-refractivity contribution in [2.45, 2.75) is 32.7 Å². The van der Waals surface area contributed by atoms with E-state index in [1.165, 1.54) is 27.9 Å². The van der Waals surface area contributed by atoms with Gasteiger partial charge in [-0.3, -0.25) is 0 Å². The predicted octanol–water partition coefficient (Wildman–Crippen LogP) is 4.27. The summed E-state index contributed by atoms with van der Waals surface area (Å²) in [5.41, 5.74) is 6.92. The third-order valence-corrected chi connectivity index (χ3v) is 3.78. The molecule has 1 unspecified atom stereocenters. The fraction of sp³-hybridized carbons (Fsp3) is 0.294. The van der Waals surface area contributed by atoms with Crippen LogP contribution in [0.15, 0.2) is 42.5 Å². The second-order valence-corrected chi connectivity index (χ2v) is 5.16. The summed E-state index contributed by atoms with van der Waals surface area (Å²) in [4.78, 5) is 0. The molecular weight excluding hydrogens is 218 g/mol. The Labute approximate surface area is 109 Å². The number of benzene rings is 2. The lowest BCUT2D eigenvalue weighted by atomic mass is 10.00. The molecule has 1 aliphatic heterocycles. The molecule has 0 aromatic heterocycles. The summed E-state index contributed by atoms with van der Waals surface area (Å²) < 4.78 is 0. The van der Waals surface area contributed by atoms with Crippen LogP contribution in [0.4, 0.5) is 5.69 Å². The van der Waals surface area contributed by atoms with Gasteiger partial charge in [0.15, 0.2) is 0 Å². The summed E-state index contributed by atoms with van der Waals surface area (Å²) in [6.45, 7) is 4.36. The van der Waals surface area contributed by atoms with E-state index >= 15 is 0 Å². The molecule has 0 bridgehead atoms. The van der Waals surface area contributed by atoms with Gasteiger partial charge in [0.2, 0.25) is 0 Å². The van der Waals surface area contributed by atoms with E-state index in [-0.39, 0.29) is 0 Å². The molecule has 1 nitrogen and oxygen atoms in total. The molecule has 0 radical (unpaired) electrons. The normalized spacial score (nSPS) is 17.3. The van der Waals surface area contributed by atoms with Crippen LogP contribution in [0, 0.1) is 6.92 Å². The lowest BCUT2D eigenvalue weighted by Gasteiger charge is -2.12. The Hall–Kier alpha value is -1.76. The molecule has 92 valence electrons. The maximum atomic E-state index is 3.63. The van der Waals surface area contributed by atoms with Gasteiger partial charge in [-0.25, -0.2) is 0 Å². The number of nitrogens with one attached hydrogen (secondary N) is 1. The van der Waals surface area contributed by atoms with Crippen molar-refractivity contribution in [2.75, 3.05) is 5.32 Å². The Kier molecular flexibility index (Phi) is 2.83. The largest absolute Gasteiger partial charge is 0.378 e. The molecule has 1 atom stereocenters. The number of anilines is 1. The van der Waals surface area contributed by atoms with Crippen molar-refractivity contribution >= 4 is 5.69 Å². The third kappa shape index (κ3) is 2.01. The molecule has 1 heterocycles. The molecule has 0 fully saturated rings. The topological polar surface area (TPSA) is 12.0 Å². The van der Waals surface area contributed by atoms with Crippen LogP contribution < -0.4 is 5.32 Å². The smallest absolute Gasteiger partial charge is 0.0555 e. The van der Waals surface area contributed by atoms with Crippen molar-refractivity contribution in [3.05, 3.63) is 64.7 Å². The maximum absolute atomic E-state index is 3.63. The van der Waals surface area contributed by atoms with Crippen LogP contribution >= 0.6 is 0 Å². The van der Waals surface area contributed by atoms with Gasteiger partial charge in [0.1, 0.15) is 0 Å². The average Bonchev–Trinajstić information content (AvgIpc) is 2.81. The van der Waals surface area contributed by atoms with Gasteiger partial charge in [-0.2, -0.15) is 0 Å². The maximum Gasteiger partial charge on any atom is 0.0555 e. The van der Waals surface area contributed by atoms with Crippen molar-refractivity contribution in [1.82, 2.24) is 0 Å². The molecule has 1 heteroatoms. The highest BCUT2D eigenvalue weighted by Crippen LogP contribution is 2.34. The van der Waals surface area contributed by atoms with E-state index in [9.17, 15) is 0 Å². The molecule has 1 aliphatic rings. The number of hydrogen-bond acceptors (Lipinski definition) is 1. The van der Waals surface area contributed by atoms with Gasteiger partial charge in [0.05, 0.1) is 6.04 Å². The van der Waals surface area contributed by atoms with Crippen LogP contribution in [-0.2, 0) is 12.8 Å². The Morgan fingerprint density at radius 3 is 2.83 bits per heavy atom. The van der Waals surface area contributed by atoms with Gasteiger partial charge >= 0.3 is 0 Å². The summed E-state index contributed by atoms with van der Waals surface area (Å²) in [7, 11) is 0. The lowest BCUT2D eigenvalue weighted by Crippen LogP contribution is -2.05. The minimum atomic E-state index is 0.437. The van der Waals surface area contributed by atoms with Crippen LogP contribution in [0.3, 0.4) is 0 Å². The molecule has 2 aromatic rings. The van der Waals surface area contributed by atoms with Crippen LogP contribution in [0.2, 0.25) is 0 Å². The van der Waals surface area contributed by atoms with Crippen LogP contribution in [0.25, 0.3) is 0 Å². The van der Waals surface area contributed by atoms with E-state index < -0.39 is 0 Å². The van der Waals surface area contributed by atoms with Crippen molar-refractivity contribution in [3.63, 3.8) is 0 Å². The third-order valence-electron chi connectivity index (χ3n) is 3.78. The summed E-state index contributed by atoms with van der Waals surface area (Å²) in [5.74, 6) is 0. The van der Waals surface area contributed by atoms with Gasteiger partial charge in [0, 0.05) is 5.69 Å². The zero-order chi connectivity index (χ0) is 12.5. The Bertz CT molecular complexity index is 572. The number of hydrogen-bond donors (Lipinski definition) is 1. The molecule has 0 aliphatic carbocycles. The molecule has 0 spiro atoms. The molecule has 3 rings (SSSR count). The van der Waals surface area contributed by atoms with Crippen LogP contribution in [-0.4, -0.2) is 0 Å². The highest BCUT2D eigenvalue weighted by atomic mass is 14.9. The monoisotopic (exact) mass is 237 g/mol. The molecule has 0 saturated carbocycles. The first-order chi connectivity index (χ1) is 8.76. The Morgan fingerprint density at radius 1 is 1.17 bits per heavy atom. The first kappa shape index (κ1) is 11.3. The second-order valence-electron chi connectivity index (χ2n) is 5.16. The van der Waals surface area contributed by atoms with Gasteiger partial charge in [0.25, 0.3) is 0 Å². The van der Waals surface area contributed by atoms with Crippen molar-refractivity contribution in [3.8, 4) is 0 Å². The lowest BCUT2D eigenvalue weighted by molar-refractivity contribution is 0.822. The highest BCUT2D eigenvalue weighted by molar-refractivity contribution is 5.59. The molecule has 0 saturated heterocycles. The fourth-order valence-corrected chi connectivity index (χ4v) is 2.72. The number of aryl methyl sites for hydroxylation is 2. The van der Waals surface area contributed by atoms with E-state index in [4.69, 9.17) is 0 Å². The number of rotatable bonds is 2. The second kappa shape index (κ2) is 4.49. The summed E-state index contributed by atoms with van der Waals surface area (Å²) in [6.07, 6.45) is 2.22. The summed E-state index contributed by atoms with van der Waals surface area (Å²) >= 11 is 0. The Balaban J connectivity index is 1.88. The predicted molar refractivity (Wildman–Crippen MR) is 77.1 cm³/mol. The minimum absolute atomic E-state index is 0.437. The minimum Gasteiger partial charge on any atom is -0.378 e. The highest BCUT2D eigenvalue weighted by Gasteiger charge is 2.21. The molecule has 0 amide bonds. The number of fused-ring (bicyclic) bond motifs is 1. The van der Waals surface area contributed by atoms with E-state index in [1.54, 1.807) is 0 Å². The molecule has 2 aromatic carbocycles. The fourth-order valence-electron chi connectivity index (χ4n) is 2.72.